The van der Waals surface area contributed by atoms with Gasteiger partial charge in [-0.05, 0) is 48.4 Å². The van der Waals surface area contributed by atoms with Gasteiger partial charge in [0.1, 0.15) is 0 Å². The van der Waals surface area contributed by atoms with Gasteiger partial charge < -0.3 is 24.3 Å². The zero-order chi connectivity index (χ0) is 18.8. The Hall–Kier alpha value is -2.73. The van der Waals surface area contributed by atoms with E-state index in [1.807, 2.05) is 19.2 Å². The second-order valence-corrected chi connectivity index (χ2v) is 6.00. The number of rotatable bonds is 5. The molecule has 0 saturated carbocycles. The van der Waals surface area contributed by atoms with Crippen molar-refractivity contribution in [2.75, 3.05) is 35.5 Å². The van der Waals surface area contributed by atoms with Crippen molar-refractivity contribution in [2.45, 2.75) is 12.5 Å². The Morgan fingerprint density at radius 3 is 2.19 bits per heavy atom. The molecule has 0 amide bonds. The molecule has 2 aromatic rings. The number of fused-ring (bicyclic) bond motifs is 3. The van der Waals surface area contributed by atoms with Crippen molar-refractivity contribution >= 4 is 0 Å². The van der Waals surface area contributed by atoms with E-state index >= 15 is 0 Å². The maximum Gasteiger partial charge on any atom is 0.220 e. The Balaban J connectivity index is 2.41. The summed E-state index contributed by atoms with van der Waals surface area (Å²) in [5, 5.41) is 3.29. The van der Waals surface area contributed by atoms with Crippen LogP contribution in [0.2, 0.25) is 0 Å². The molecule has 3 rings (SSSR count). The fourth-order valence-corrected chi connectivity index (χ4v) is 3.56. The van der Waals surface area contributed by atoms with E-state index in [0.717, 1.165) is 22.3 Å². The normalized spacial score (nSPS) is 14.9. The first-order chi connectivity index (χ1) is 12.6. The van der Waals surface area contributed by atoms with E-state index in [9.17, 15) is 4.79 Å². The highest BCUT2D eigenvalue weighted by atomic mass is 16.5. The number of hydrogen-bond donors (Lipinski definition) is 1. The molecule has 1 aliphatic rings. The summed E-state index contributed by atoms with van der Waals surface area (Å²) < 4.78 is 21.9. The molecule has 0 aliphatic heterocycles. The van der Waals surface area contributed by atoms with Gasteiger partial charge in [0.05, 0.1) is 28.4 Å². The smallest absolute Gasteiger partial charge is 0.220 e. The van der Waals surface area contributed by atoms with E-state index in [1.165, 1.54) is 7.11 Å². The second kappa shape index (κ2) is 7.25. The molecule has 0 heterocycles. The Morgan fingerprint density at radius 2 is 1.62 bits per heavy atom. The molecule has 0 bridgehead atoms. The molecule has 1 N–H and O–H groups in total. The summed E-state index contributed by atoms with van der Waals surface area (Å²) in [5.41, 5.74) is 3.62. The average Bonchev–Trinajstić information content (AvgIpc) is 2.83. The average molecular weight is 357 g/mol. The lowest BCUT2D eigenvalue weighted by Gasteiger charge is -2.29. The third-order valence-electron chi connectivity index (χ3n) is 4.79. The van der Waals surface area contributed by atoms with E-state index < -0.39 is 0 Å². The molecule has 0 aromatic heterocycles. The molecule has 0 fully saturated rings. The number of nitrogens with one attached hydrogen (secondary N) is 1. The molecule has 0 spiro atoms. The van der Waals surface area contributed by atoms with Crippen molar-refractivity contribution in [3.63, 3.8) is 0 Å². The van der Waals surface area contributed by atoms with Gasteiger partial charge in [-0.1, -0.05) is 6.07 Å². The summed E-state index contributed by atoms with van der Waals surface area (Å²) in [6.45, 7) is 0. The highest BCUT2D eigenvalue weighted by Crippen LogP contribution is 2.51. The quantitative estimate of drug-likeness (QED) is 0.887. The molecule has 2 aromatic carbocycles. The van der Waals surface area contributed by atoms with Crippen LogP contribution in [0.25, 0.3) is 11.1 Å². The number of ether oxygens (including phenoxy) is 4. The Bertz CT molecular complexity index is 894. The fraction of sp³-hybridized carbons (Fsp3) is 0.350. The molecule has 0 saturated heterocycles. The van der Waals surface area contributed by atoms with Gasteiger partial charge in [0.15, 0.2) is 17.2 Å². The predicted molar refractivity (Wildman–Crippen MR) is 99.9 cm³/mol. The monoisotopic (exact) mass is 357 g/mol. The number of likely N-dealkylation sites (N-methyl/N-ethyl adjacent to an activating group) is 1. The molecule has 1 atom stereocenters. The van der Waals surface area contributed by atoms with Gasteiger partial charge in [0.25, 0.3) is 0 Å². The van der Waals surface area contributed by atoms with Gasteiger partial charge in [-0.15, -0.1) is 0 Å². The molecular weight excluding hydrogens is 334 g/mol. The lowest BCUT2D eigenvalue weighted by molar-refractivity contribution is 0.324. The van der Waals surface area contributed by atoms with Crippen LogP contribution < -0.4 is 29.7 Å². The zero-order valence-corrected chi connectivity index (χ0v) is 15.6. The van der Waals surface area contributed by atoms with E-state index in [0.29, 0.717) is 29.4 Å². The van der Waals surface area contributed by atoms with Crippen LogP contribution in [0, 0.1) is 0 Å². The van der Waals surface area contributed by atoms with Gasteiger partial charge in [-0.3, -0.25) is 4.79 Å². The second-order valence-electron chi connectivity index (χ2n) is 6.00. The number of hydrogen-bond acceptors (Lipinski definition) is 6. The highest BCUT2D eigenvalue weighted by molar-refractivity contribution is 5.83. The van der Waals surface area contributed by atoms with E-state index in [1.54, 1.807) is 33.5 Å². The van der Waals surface area contributed by atoms with Gasteiger partial charge in [0.2, 0.25) is 11.2 Å². The van der Waals surface area contributed by atoms with Crippen LogP contribution in [0.1, 0.15) is 17.2 Å². The lowest BCUT2D eigenvalue weighted by atomic mass is 9.82. The van der Waals surface area contributed by atoms with Crippen molar-refractivity contribution in [1.82, 2.24) is 5.32 Å². The van der Waals surface area contributed by atoms with Gasteiger partial charge >= 0.3 is 0 Å². The molecule has 138 valence electrons. The first-order valence-electron chi connectivity index (χ1n) is 8.31. The molecule has 6 nitrogen and oxygen atoms in total. The Morgan fingerprint density at radius 1 is 0.923 bits per heavy atom. The molecular formula is C20H23NO5. The van der Waals surface area contributed by atoms with Crippen LogP contribution in [-0.2, 0) is 6.42 Å². The zero-order valence-electron chi connectivity index (χ0n) is 15.6. The summed E-state index contributed by atoms with van der Waals surface area (Å²) in [6, 6.07) is 7.18. The maximum atomic E-state index is 12.4. The van der Waals surface area contributed by atoms with Gasteiger partial charge in [-0.2, -0.15) is 0 Å². The summed E-state index contributed by atoms with van der Waals surface area (Å²) in [6.07, 6.45) is 0.696. The van der Waals surface area contributed by atoms with Gasteiger partial charge in [-0.25, -0.2) is 0 Å². The molecule has 1 aliphatic carbocycles. The minimum absolute atomic E-state index is 0.00915. The van der Waals surface area contributed by atoms with Crippen molar-refractivity contribution < 1.29 is 18.9 Å². The standard InChI is InChI=1S/C20H23NO5/c1-21-14-8-11-9-17(24-3)19(25-4)20(26-5)18(11)12-6-7-16(23-2)15(22)10-13(12)14/h6-7,9-10,14,21H,8H2,1-5H3/t14-/m0/s1. The summed E-state index contributed by atoms with van der Waals surface area (Å²) >= 11 is 0. The van der Waals surface area contributed by atoms with Crippen LogP contribution in [0.4, 0.5) is 0 Å². The van der Waals surface area contributed by atoms with Crippen molar-refractivity contribution in [1.29, 1.82) is 0 Å². The van der Waals surface area contributed by atoms with Crippen molar-refractivity contribution in [2.24, 2.45) is 0 Å². The van der Waals surface area contributed by atoms with Crippen molar-refractivity contribution in [3.8, 4) is 34.1 Å². The maximum absolute atomic E-state index is 12.4. The van der Waals surface area contributed by atoms with E-state index in [4.69, 9.17) is 18.9 Å². The number of benzene rings is 1. The summed E-state index contributed by atoms with van der Waals surface area (Å²) in [5.74, 6) is 2.04. The van der Waals surface area contributed by atoms with Crippen LogP contribution >= 0.6 is 0 Å². The van der Waals surface area contributed by atoms with E-state index in [-0.39, 0.29) is 11.5 Å². The SMILES string of the molecule is CN[C@H]1Cc2cc(OC)c(OC)c(OC)c2-c2ccc(OC)c(=O)cc21. The van der Waals surface area contributed by atoms with E-state index in [2.05, 4.69) is 5.32 Å². The Kier molecular flexibility index (Phi) is 5.04. The summed E-state index contributed by atoms with van der Waals surface area (Å²) in [7, 11) is 8.16. The molecule has 6 heteroatoms. The minimum Gasteiger partial charge on any atom is -0.493 e. The van der Waals surface area contributed by atoms with Crippen LogP contribution in [0.3, 0.4) is 0 Å². The van der Waals surface area contributed by atoms with Crippen LogP contribution in [0.5, 0.6) is 23.0 Å². The third kappa shape index (κ3) is 2.76. The third-order valence-corrected chi connectivity index (χ3v) is 4.79. The fourth-order valence-electron chi connectivity index (χ4n) is 3.56. The molecule has 26 heavy (non-hydrogen) atoms. The lowest BCUT2D eigenvalue weighted by Crippen LogP contribution is -2.23. The topological polar surface area (TPSA) is 66.0 Å². The summed E-state index contributed by atoms with van der Waals surface area (Å²) in [4.78, 5) is 12.4. The first kappa shape index (κ1) is 18.1. The first-order valence-corrected chi connectivity index (χ1v) is 8.31. The van der Waals surface area contributed by atoms with Crippen molar-refractivity contribution in [3.05, 3.63) is 45.6 Å². The largest absolute Gasteiger partial charge is 0.493 e. The predicted octanol–water partition coefficient (Wildman–Crippen LogP) is 2.56. The number of methoxy groups -OCH3 is 4. The van der Waals surface area contributed by atoms with Crippen LogP contribution in [-0.4, -0.2) is 35.5 Å². The minimum atomic E-state index is -0.156. The molecule has 0 radical (unpaired) electrons. The molecule has 0 unspecified atom stereocenters. The van der Waals surface area contributed by atoms with Gasteiger partial charge in [0, 0.05) is 11.6 Å². The Labute approximate surface area is 152 Å². The van der Waals surface area contributed by atoms with Crippen LogP contribution in [0.15, 0.2) is 29.1 Å². The highest BCUT2D eigenvalue weighted by Gasteiger charge is 2.30.